The highest BCUT2D eigenvalue weighted by Crippen LogP contribution is 2.21. The molecule has 4 rings (SSSR count). The number of aryl methyl sites for hydroxylation is 1. The molecule has 0 saturated heterocycles. The van der Waals surface area contributed by atoms with Crippen molar-refractivity contribution in [3.8, 4) is 5.75 Å². The quantitative estimate of drug-likeness (QED) is 0.176. The Morgan fingerprint density at radius 2 is 1.43 bits per heavy atom. The van der Waals surface area contributed by atoms with Gasteiger partial charge in [0.1, 0.15) is 22.4 Å². The molecule has 0 fully saturated rings. The van der Waals surface area contributed by atoms with Crippen LogP contribution in [-0.2, 0) is 26.1 Å². The Bertz CT molecular complexity index is 1690. The molecule has 4 aromatic rings. The van der Waals surface area contributed by atoms with Gasteiger partial charge < -0.3 is 19.9 Å². The number of benzene rings is 4. The van der Waals surface area contributed by atoms with Crippen LogP contribution in [0.3, 0.4) is 0 Å². The van der Waals surface area contributed by atoms with E-state index in [0.29, 0.717) is 16.7 Å². The van der Waals surface area contributed by atoms with E-state index >= 15 is 0 Å². The van der Waals surface area contributed by atoms with Gasteiger partial charge in [0.15, 0.2) is 0 Å². The lowest BCUT2D eigenvalue weighted by molar-refractivity contribution is -0.141. The molecule has 10 heteroatoms. The zero-order valence-electron chi connectivity index (χ0n) is 22.6. The number of carbonyl (C=O) groups excluding carboxylic acids is 2. The molecular weight excluding hydrogens is 556 g/mol. The number of nitrogens with one attached hydrogen (secondary N) is 2. The van der Waals surface area contributed by atoms with Crippen LogP contribution in [0, 0.1) is 6.92 Å². The number of carboxylic acids is 1. The van der Waals surface area contributed by atoms with Crippen molar-refractivity contribution in [3.63, 3.8) is 0 Å². The third-order valence-corrected chi connectivity index (χ3v) is 7.38. The molecule has 9 nitrogen and oxygen atoms in total. The second-order valence-corrected chi connectivity index (χ2v) is 10.9. The van der Waals surface area contributed by atoms with Crippen LogP contribution in [0.25, 0.3) is 6.08 Å². The fourth-order valence-electron chi connectivity index (χ4n) is 3.89. The number of carbonyl (C=O) groups is 3. The maximum atomic E-state index is 13.3. The lowest BCUT2D eigenvalue weighted by Crippen LogP contribution is -2.45. The number of rotatable bonds is 11. The molecule has 1 atom stereocenters. The van der Waals surface area contributed by atoms with E-state index in [2.05, 4.69) is 10.6 Å². The number of carboxylic acid groups (broad SMARTS) is 1. The third-order valence-electron chi connectivity index (χ3n) is 6.12. The van der Waals surface area contributed by atoms with Crippen molar-refractivity contribution in [2.75, 3.05) is 0 Å². The van der Waals surface area contributed by atoms with E-state index in [4.69, 9.17) is 4.18 Å². The number of aliphatic carboxylic acids is 1. The first-order valence-electron chi connectivity index (χ1n) is 12.9. The van der Waals surface area contributed by atoms with Crippen molar-refractivity contribution in [2.45, 2.75) is 24.3 Å². The van der Waals surface area contributed by atoms with Gasteiger partial charge in [-0.05, 0) is 60.5 Å². The summed E-state index contributed by atoms with van der Waals surface area (Å²) in [6.45, 7) is 1.84. The monoisotopic (exact) mass is 584 g/mol. The average Bonchev–Trinajstić information content (AvgIpc) is 2.98. The van der Waals surface area contributed by atoms with Gasteiger partial charge in [0.05, 0.1) is 0 Å². The van der Waals surface area contributed by atoms with E-state index in [0.717, 1.165) is 5.56 Å². The molecule has 4 aromatic carbocycles. The van der Waals surface area contributed by atoms with Crippen LogP contribution in [0.2, 0.25) is 0 Å². The molecule has 0 aliphatic carbocycles. The predicted octanol–water partition coefficient (Wildman–Crippen LogP) is 4.35. The summed E-state index contributed by atoms with van der Waals surface area (Å²) in [5, 5.41) is 14.8. The van der Waals surface area contributed by atoms with Crippen LogP contribution >= 0.6 is 0 Å². The van der Waals surface area contributed by atoms with Crippen LogP contribution in [-0.4, -0.2) is 37.3 Å². The molecule has 0 heterocycles. The molecule has 3 N–H and O–H groups in total. The fourth-order valence-corrected chi connectivity index (χ4v) is 4.82. The van der Waals surface area contributed by atoms with Crippen LogP contribution in [0.15, 0.2) is 120 Å². The Labute approximate surface area is 243 Å². The van der Waals surface area contributed by atoms with Gasteiger partial charge in [0.25, 0.3) is 11.8 Å². The van der Waals surface area contributed by atoms with E-state index in [9.17, 15) is 27.9 Å². The van der Waals surface area contributed by atoms with Gasteiger partial charge in [-0.2, -0.15) is 8.42 Å². The summed E-state index contributed by atoms with van der Waals surface area (Å²) in [5.74, 6) is -2.58. The number of hydrogen-bond donors (Lipinski definition) is 3. The summed E-state index contributed by atoms with van der Waals surface area (Å²) in [4.78, 5) is 38.1. The van der Waals surface area contributed by atoms with Gasteiger partial charge >= 0.3 is 16.1 Å². The van der Waals surface area contributed by atoms with Crippen LogP contribution in [0.1, 0.15) is 27.0 Å². The SMILES string of the molecule is Cc1ccc(S(=O)(=O)Oc2ccc(C=C(NC(=O)c3ccccc3)C(=O)NC(Cc3ccccc3)C(=O)O)cc2)cc1. The van der Waals surface area contributed by atoms with Gasteiger partial charge in [-0.1, -0.05) is 78.4 Å². The van der Waals surface area contributed by atoms with E-state index in [1.807, 2.05) is 6.92 Å². The van der Waals surface area contributed by atoms with Crippen molar-refractivity contribution < 1.29 is 32.1 Å². The minimum atomic E-state index is -4.07. The minimum Gasteiger partial charge on any atom is -0.480 e. The second-order valence-electron chi connectivity index (χ2n) is 9.35. The molecular formula is C32H28N2O7S. The minimum absolute atomic E-state index is 0.00291. The van der Waals surface area contributed by atoms with Gasteiger partial charge in [0.2, 0.25) is 0 Å². The van der Waals surface area contributed by atoms with Crippen molar-refractivity contribution >= 4 is 34.0 Å². The van der Waals surface area contributed by atoms with E-state index < -0.39 is 33.9 Å². The summed E-state index contributed by atoms with van der Waals surface area (Å²) < 4.78 is 30.5. The van der Waals surface area contributed by atoms with Crippen molar-refractivity contribution in [3.05, 3.63) is 137 Å². The lowest BCUT2D eigenvalue weighted by atomic mass is 10.1. The molecule has 0 aliphatic heterocycles. The zero-order valence-corrected chi connectivity index (χ0v) is 23.4. The number of hydrogen-bond acceptors (Lipinski definition) is 6. The highest BCUT2D eigenvalue weighted by molar-refractivity contribution is 7.87. The molecule has 0 aromatic heterocycles. The molecule has 214 valence electrons. The Balaban J connectivity index is 1.57. The lowest BCUT2D eigenvalue weighted by Gasteiger charge is -2.17. The van der Waals surface area contributed by atoms with Crippen molar-refractivity contribution in [1.82, 2.24) is 10.6 Å². The molecule has 2 amide bonds. The molecule has 0 aliphatic rings. The van der Waals surface area contributed by atoms with Gasteiger partial charge in [-0.25, -0.2) is 4.79 Å². The van der Waals surface area contributed by atoms with Gasteiger partial charge in [-0.3, -0.25) is 9.59 Å². The summed E-state index contributed by atoms with van der Waals surface area (Å²) in [6.07, 6.45) is 1.39. The van der Waals surface area contributed by atoms with Crippen molar-refractivity contribution in [1.29, 1.82) is 0 Å². The largest absolute Gasteiger partial charge is 0.480 e. The Morgan fingerprint density at radius 1 is 0.833 bits per heavy atom. The van der Waals surface area contributed by atoms with E-state index in [1.54, 1.807) is 72.8 Å². The standard InChI is InChI=1S/C32H28N2O7S/c1-22-12-18-27(19-13-22)42(39,40)41-26-16-14-24(15-17-26)20-28(33-30(35)25-10-6-3-7-11-25)31(36)34-29(32(37)38)21-23-8-4-2-5-9-23/h2-20,29H,21H2,1H3,(H,33,35)(H,34,36)(H,37,38). The summed E-state index contributed by atoms with van der Waals surface area (Å²) in [7, 11) is -4.07. The smallest absolute Gasteiger partial charge is 0.339 e. The first-order chi connectivity index (χ1) is 20.1. The highest BCUT2D eigenvalue weighted by Gasteiger charge is 2.24. The van der Waals surface area contributed by atoms with Crippen LogP contribution < -0.4 is 14.8 Å². The molecule has 0 bridgehead atoms. The molecule has 42 heavy (non-hydrogen) atoms. The van der Waals surface area contributed by atoms with Gasteiger partial charge in [-0.15, -0.1) is 0 Å². The maximum absolute atomic E-state index is 13.3. The molecule has 0 radical (unpaired) electrons. The average molecular weight is 585 g/mol. The Kier molecular flexibility index (Phi) is 9.51. The Morgan fingerprint density at radius 3 is 2.02 bits per heavy atom. The van der Waals surface area contributed by atoms with E-state index in [-0.39, 0.29) is 22.8 Å². The second kappa shape index (κ2) is 13.4. The maximum Gasteiger partial charge on any atom is 0.339 e. The fraction of sp³-hybridized carbons (Fsp3) is 0.0938. The Hall–Kier alpha value is -5.22. The highest BCUT2D eigenvalue weighted by atomic mass is 32.2. The topological polar surface area (TPSA) is 139 Å². The van der Waals surface area contributed by atoms with Crippen LogP contribution in [0.5, 0.6) is 5.75 Å². The zero-order chi connectivity index (χ0) is 30.1. The van der Waals surface area contributed by atoms with E-state index in [1.165, 1.54) is 42.5 Å². The number of amides is 2. The van der Waals surface area contributed by atoms with Crippen LogP contribution in [0.4, 0.5) is 0 Å². The summed E-state index contributed by atoms with van der Waals surface area (Å²) in [5.41, 5.74) is 2.12. The normalized spacial score (nSPS) is 12.2. The first-order valence-corrected chi connectivity index (χ1v) is 14.3. The molecule has 1 unspecified atom stereocenters. The van der Waals surface area contributed by atoms with Gasteiger partial charge in [0, 0.05) is 12.0 Å². The molecule has 0 saturated carbocycles. The first kappa shape index (κ1) is 29.8. The predicted molar refractivity (Wildman–Crippen MR) is 157 cm³/mol. The van der Waals surface area contributed by atoms with Crippen molar-refractivity contribution in [2.24, 2.45) is 0 Å². The summed E-state index contributed by atoms with van der Waals surface area (Å²) >= 11 is 0. The summed E-state index contributed by atoms with van der Waals surface area (Å²) in [6, 6.07) is 27.8. The molecule has 0 spiro atoms. The third kappa shape index (κ3) is 8.15.